The summed E-state index contributed by atoms with van der Waals surface area (Å²) in [5.41, 5.74) is 4.20. The second-order valence-corrected chi connectivity index (χ2v) is 9.36. The maximum Gasteiger partial charge on any atom is 0.329 e. The number of carboxylic acids is 1. The van der Waals surface area contributed by atoms with Crippen LogP contribution in [0.5, 0.6) is 5.75 Å². The number of hydrogen-bond acceptors (Lipinski definition) is 5. The molecule has 3 fully saturated rings. The normalized spacial score (nSPS) is 20.0. The second kappa shape index (κ2) is 8.75. The zero-order valence-corrected chi connectivity index (χ0v) is 18.6. The van der Waals surface area contributed by atoms with Crippen LogP contribution in [0.3, 0.4) is 0 Å². The molecule has 2 aromatic carbocycles. The van der Waals surface area contributed by atoms with Gasteiger partial charge >= 0.3 is 5.97 Å². The molecule has 0 spiro atoms. The Hall–Kier alpha value is -2.57. The molecule has 0 unspecified atom stereocenters. The standard InChI is InChI=1S/C26H31NO5/c1-17-12-18(15-23(13-17)32-22-5-6-22)24-7-2-20(14-19(24)16-31-21-3-4-21)27-26(25(28)29)8-10-30-11-9-26/h2,7,12-15,21-22,27H,3-6,8-11,16H2,1H3,(H,28,29). The molecular weight excluding hydrogens is 406 g/mol. The summed E-state index contributed by atoms with van der Waals surface area (Å²) in [6.07, 6.45) is 6.04. The Kier molecular flexibility index (Phi) is 5.82. The van der Waals surface area contributed by atoms with E-state index in [9.17, 15) is 9.90 Å². The Morgan fingerprint density at radius 2 is 1.84 bits per heavy atom. The molecule has 1 aliphatic heterocycles. The number of benzene rings is 2. The zero-order chi connectivity index (χ0) is 22.1. The van der Waals surface area contributed by atoms with Crippen LogP contribution in [0.15, 0.2) is 36.4 Å². The highest BCUT2D eigenvalue weighted by Crippen LogP contribution is 2.36. The SMILES string of the molecule is Cc1cc(OC2CC2)cc(-c2ccc(NC3(C(=O)O)CCOCC3)cc2COC2CC2)c1. The number of hydrogen-bond donors (Lipinski definition) is 2. The third-order valence-electron chi connectivity index (χ3n) is 6.43. The maximum atomic E-state index is 12.1. The van der Waals surface area contributed by atoms with E-state index in [1.807, 2.05) is 12.1 Å². The summed E-state index contributed by atoms with van der Waals surface area (Å²) < 4.78 is 17.5. The van der Waals surface area contributed by atoms with Gasteiger partial charge in [-0.15, -0.1) is 0 Å². The number of aryl methyl sites for hydroxylation is 1. The number of anilines is 1. The van der Waals surface area contributed by atoms with Gasteiger partial charge in [-0.3, -0.25) is 0 Å². The van der Waals surface area contributed by atoms with Gasteiger partial charge in [-0.2, -0.15) is 0 Å². The highest BCUT2D eigenvalue weighted by Gasteiger charge is 2.40. The Balaban J connectivity index is 1.46. The zero-order valence-electron chi connectivity index (χ0n) is 18.6. The van der Waals surface area contributed by atoms with Gasteiger partial charge in [0.1, 0.15) is 11.3 Å². The smallest absolute Gasteiger partial charge is 0.329 e. The van der Waals surface area contributed by atoms with E-state index in [-0.39, 0.29) is 0 Å². The Morgan fingerprint density at radius 1 is 1.09 bits per heavy atom. The predicted octanol–water partition coefficient (Wildman–Crippen LogP) is 4.93. The Morgan fingerprint density at radius 3 is 2.53 bits per heavy atom. The lowest BCUT2D eigenvalue weighted by Crippen LogP contribution is -2.50. The third kappa shape index (κ3) is 4.92. The van der Waals surface area contributed by atoms with E-state index in [2.05, 4.69) is 36.5 Å². The summed E-state index contributed by atoms with van der Waals surface area (Å²) in [6, 6.07) is 12.4. The van der Waals surface area contributed by atoms with E-state index in [4.69, 9.17) is 14.2 Å². The van der Waals surface area contributed by atoms with Gasteiger partial charge in [0, 0.05) is 31.7 Å². The number of aliphatic carboxylic acids is 1. The van der Waals surface area contributed by atoms with Crippen molar-refractivity contribution in [1.82, 2.24) is 0 Å². The summed E-state index contributed by atoms with van der Waals surface area (Å²) in [7, 11) is 0. The molecule has 2 aliphatic carbocycles. The van der Waals surface area contributed by atoms with Gasteiger partial charge in [0.2, 0.25) is 0 Å². The molecule has 2 saturated carbocycles. The molecule has 1 heterocycles. The van der Waals surface area contributed by atoms with Crippen molar-refractivity contribution in [3.63, 3.8) is 0 Å². The summed E-state index contributed by atoms with van der Waals surface area (Å²) in [6.45, 7) is 3.48. The van der Waals surface area contributed by atoms with Crippen molar-refractivity contribution in [2.45, 2.75) is 69.8 Å². The quantitative estimate of drug-likeness (QED) is 0.579. The van der Waals surface area contributed by atoms with Crippen LogP contribution in [0.2, 0.25) is 0 Å². The highest BCUT2D eigenvalue weighted by molar-refractivity contribution is 5.83. The van der Waals surface area contributed by atoms with Crippen LogP contribution in [-0.4, -0.2) is 42.0 Å². The lowest BCUT2D eigenvalue weighted by molar-refractivity contribution is -0.145. The van der Waals surface area contributed by atoms with Crippen molar-refractivity contribution >= 4 is 11.7 Å². The van der Waals surface area contributed by atoms with Gasteiger partial charge in [0.05, 0.1) is 18.8 Å². The molecule has 0 aromatic heterocycles. The van der Waals surface area contributed by atoms with Gasteiger partial charge in [-0.1, -0.05) is 12.1 Å². The monoisotopic (exact) mass is 437 g/mol. The number of nitrogens with one attached hydrogen (secondary N) is 1. The molecule has 3 aliphatic rings. The Labute approximate surface area is 188 Å². The molecule has 32 heavy (non-hydrogen) atoms. The number of ether oxygens (including phenoxy) is 3. The number of rotatable bonds is 9. The van der Waals surface area contributed by atoms with E-state index in [0.29, 0.717) is 44.9 Å². The molecule has 0 radical (unpaired) electrons. The second-order valence-electron chi connectivity index (χ2n) is 9.36. The number of carbonyl (C=O) groups is 1. The summed E-state index contributed by atoms with van der Waals surface area (Å²) >= 11 is 0. The van der Waals surface area contributed by atoms with Crippen LogP contribution in [0, 0.1) is 6.92 Å². The maximum absolute atomic E-state index is 12.1. The van der Waals surface area contributed by atoms with Crippen LogP contribution in [0.4, 0.5) is 5.69 Å². The molecule has 2 aromatic rings. The molecule has 5 rings (SSSR count). The first-order valence-corrected chi connectivity index (χ1v) is 11.6. The molecule has 6 nitrogen and oxygen atoms in total. The summed E-state index contributed by atoms with van der Waals surface area (Å²) in [4.78, 5) is 12.1. The number of carboxylic acid groups (broad SMARTS) is 1. The van der Waals surface area contributed by atoms with Crippen molar-refractivity contribution in [2.75, 3.05) is 18.5 Å². The molecule has 2 N–H and O–H groups in total. The van der Waals surface area contributed by atoms with Gasteiger partial charge < -0.3 is 24.6 Å². The van der Waals surface area contributed by atoms with Crippen LogP contribution in [0.1, 0.15) is 49.7 Å². The van der Waals surface area contributed by atoms with Crippen LogP contribution in [0.25, 0.3) is 11.1 Å². The van der Waals surface area contributed by atoms with Gasteiger partial charge in [0.25, 0.3) is 0 Å². The minimum Gasteiger partial charge on any atom is -0.490 e. The van der Waals surface area contributed by atoms with Gasteiger partial charge in [-0.25, -0.2) is 4.79 Å². The fourth-order valence-electron chi connectivity index (χ4n) is 4.25. The van der Waals surface area contributed by atoms with Crippen molar-refractivity contribution in [2.24, 2.45) is 0 Å². The first kappa shape index (κ1) is 21.3. The molecular formula is C26H31NO5. The minimum absolute atomic E-state index is 0.339. The average molecular weight is 438 g/mol. The fraction of sp³-hybridized carbons (Fsp3) is 0.500. The largest absolute Gasteiger partial charge is 0.490 e. The van der Waals surface area contributed by atoms with E-state index in [0.717, 1.165) is 59.4 Å². The van der Waals surface area contributed by atoms with E-state index >= 15 is 0 Å². The van der Waals surface area contributed by atoms with Gasteiger partial charge in [-0.05, 0) is 79.1 Å². The summed E-state index contributed by atoms with van der Waals surface area (Å²) in [5, 5.41) is 13.2. The first-order chi connectivity index (χ1) is 15.5. The van der Waals surface area contributed by atoms with Crippen molar-refractivity contribution in [1.29, 1.82) is 0 Å². The van der Waals surface area contributed by atoms with Crippen LogP contribution < -0.4 is 10.1 Å². The Bertz CT molecular complexity index is 990. The molecule has 1 saturated heterocycles. The highest BCUT2D eigenvalue weighted by atomic mass is 16.5. The van der Waals surface area contributed by atoms with E-state index in [1.165, 1.54) is 0 Å². The van der Waals surface area contributed by atoms with Gasteiger partial charge in [0.15, 0.2) is 0 Å². The minimum atomic E-state index is -0.997. The molecule has 0 atom stereocenters. The van der Waals surface area contributed by atoms with Crippen LogP contribution >= 0.6 is 0 Å². The molecule has 170 valence electrons. The van der Waals surface area contributed by atoms with E-state index < -0.39 is 11.5 Å². The van der Waals surface area contributed by atoms with Crippen molar-refractivity contribution < 1.29 is 24.1 Å². The predicted molar refractivity (Wildman–Crippen MR) is 122 cm³/mol. The first-order valence-electron chi connectivity index (χ1n) is 11.6. The van der Waals surface area contributed by atoms with E-state index in [1.54, 1.807) is 0 Å². The molecule has 6 heteroatoms. The molecule has 0 amide bonds. The lowest BCUT2D eigenvalue weighted by atomic mass is 9.89. The van der Waals surface area contributed by atoms with Crippen molar-refractivity contribution in [3.05, 3.63) is 47.5 Å². The molecule has 0 bridgehead atoms. The van der Waals surface area contributed by atoms with Crippen molar-refractivity contribution in [3.8, 4) is 16.9 Å². The summed E-state index contributed by atoms with van der Waals surface area (Å²) in [5.74, 6) is 0.0759. The third-order valence-corrected chi connectivity index (χ3v) is 6.43. The lowest BCUT2D eigenvalue weighted by Gasteiger charge is -2.35. The topological polar surface area (TPSA) is 77.0 Å². The fourth-order valence-corrected chi connectivity index (χ4v) is 4.25. The van der Waals surface area contributed by atoms with Crippen LogP contribution in [-0.2, 0) is 20.9 Å². The average Bonchev–Trinajstić information content (AvgIpc) is 3.69.